The molecule has 5 nitrogen and oxygen atoms in total. The number of amides is 1. The summed E-state index contributed by atoms with van der Waals surface area (Å²) in [5, 5.41) is 5.19. The molecule has 1 atom stereocenters. The van der Waals surface area contributed by atoms with Crippen LogP contribution in [-0.2, 0) is 4.79 Å². The third kappa shape index (κ3) is 3.56. The molecule has 3 aromatic rings. The number of fused-ring (bicyclic) bond motifs is 1. The molecule has 1 aliphatic rings. The Hall–Kier alpha value is -2.99. The Morgan fingerprint density at radius 1 is 1.10 bits per heavy atom. The highest BCUT2D eigenvalue weighted by Crippen LogP contribution is 2.49. The first kappa shape index (κ1) is 19.3. The fourth-order valence-electron chi connectivity index (χ4n) is 3.73. The van der Waals surface area contributed by atoms with E-state index >= 15 is 0 Å². The van der Waals surface area contributed by atoms with Gasteiger partial charge >= 0.3 is 0 Å². The van der Waals surface area contributed by atoms with E-state index in [1.807, 2.05) is 49.4 Å². The third-order valence-electron chi connectivity index (χ3n) is 5.08. The van der Waals surface area contributed by atoms with Crippen molar-refractivity contribution in [2.45, 2.75) is 19.3 Å². The van der Waals surface area contributed by atoms with E-state index < -0.39 is 0 Å². The van der Waals surface area contributed by atoms with Gasteiger partial charge in [0.15, 0.2) is 11.5 Å². The SMILES string of the molecule is CCOc1c(OC)cccc1[C@H]1CC(=O)Nc2c(-c3ccc(OC)cc3)csc21. The first-order valence-electron chi connectivity index (χ1n) is 9.51. The predicted molar refractivity (Wildman–Crippen MR) is 116 cm³/mol. The number of benzene rings is 2. The lowest BCUT2D eigenvalue weighted by Crippen LogP contribution is -2.23. The van der Waals surface area contributed by atoms with Gasteiger partial charge in [0.05, 0.1) is 26.5 Å². The van der Waals surface area contributed by atoms with Gasteiger partial charge in [-0.05, 0) is 30.7 Å². The van der Waals surface area contributed by atoms with Gasteiger partial charge < -0.3 is 19.5 Å². The fraction of sp³-hybridized carbons (Fsp3) is 0.261. The van der Waals surface area contributed by atoms with E-state index in [-0.39, 0.29) is 11.8 Å². The van der Waals surface area contributed by atoms with Crippen LogP contribution >= 0.6 is 11.3 Å². The molecule has 29 heavy (non-hydrogen) atoms. The largest absolute Gasteiger partial charge is 0.497 e. The zero-order valence-corrected chi connectivity index (χ0v) is 17.5. The molecule has 1 amide bonds. The quantitative estimate of drug-likeness (QED) is 0.600. The number of carbonyl (C=O) groups excluding carboxylic acids is 1. The second-order valence-corrected chi connectivity index (χ2v) is 7.64. The van der Waals surface area contributed by atoms with Gasteiger partial charge in [-0.25, -0.2) is 0 Å². The summed E-state index contributed by atoms with van der Waals surface area (Å²) >= 11 is 1.66. The Morgan fingerprint density at radius 3 is 2.59 bits per heavy atom. The minimum Gasteiger partial charge on any atom is -0.497 e. The number of carbonyl (C=O) groups is 1. The molecule has 0 saturated heterocycles. The van der Waals surface area contributed by atoms with Crippen LogP contribution in [0.2, 0.25) is 0 Å². The molecule has 0 radical (unpaired) electrons. The smallest absolute Gasteiger partial charge is 0.225 e. The summed E-state index contributed by atoms with van der Waals surface area (Å²) < 4.78 is 16.7. The molecule has 2 heterocycles. The molecule has 2 aromatic carbocycles. The number of methoxy groups -OCH3 is 2. The minimum atomic E-state index is -0.0765. The molecular weight excluding hydrogens is 386 g/mol. The molecule has 0 bridgehead atoms. The van der Waals surface area contributed by atoms with Crippen molar-refractivity contribution in [3.05, 3.63) is 58.3 Å². The molecule has 1 aliphatic heterocycles. The van der Waals surface area contributed by atoms with Crippen molar-refractivity contribution < 1.29 is 19.0 Å². The van der Waals surface area contributed by atoms with E-state index in [1.54, 1.807) is 25.6 Å². The average molecular weight is 410 g/mol. The first-order valence-corrected chi connectivity index (χ1v) is 10.4. The Labute approximate surface area is 174 Å². The lowest BCUT2D eigenvalue weighted by molar-refractivity contribution is -0.116. The third-order valence-corrected chi connectivity index (χ3v) is 6.18. The van der Waals surface area contributed by atoms with Gasteiger partial charge in [-0.15, -0.1) is 11.3 Å². The summed E-state index contributed by atoms with van der Waals surface area (Å²) in [4.78, 5) is 13.7. The van der Waals surface area contributed by atoms with E-state index in [0.717, 1.165) is 33.0 Å². The van der Waals surface area contributed by atoms with Crippen LogP contribution in [-0.4, -0.2) is 26.7 Å². The monoisotopic (exact) mass is 409 g/mol. The maximum Gasteiger partial charge on any atom is 0.225 e. The summed E-state index contributed by atoms with van der Waals surface area (Å²) in [5.41, 5.74) is 3.92. The fourth-order valence-corrected chi connectivity index (χ4v) is 4.88. The van der Waals surface area contributed by atoms with Crippen LogP contribution in [0.25, 0.3) is 11.1 Å². The number of anilines is 1. The number of nitrogens with one attached hydrogen (secondary N) is 1. The molecule has 0 unspecified atom stereocenters. The van der Waals surface area contributed by atoms with Crippen LogP contribution in [0.5, 0.6) is 17.2 Å². The highest BCUT2D eigenvalue weighted by atomic mass is 32.1. The van der Waals surface area contributed by atoms with Crippen LogP contribution in [0, 0.1) is 0 Å². The van der Waals surface area contributed by atoms with Crippen LogP contribution in [0.3, 0.4) is 0 Å². The van der Waals surface area contributed by atoms with Crippen molar-refractivity contribution in [1.29, 1.82) is 0 Å². The summed E-state index contributed by atoms with van der Waals surface area (Å²) in [6.07, 6.45) is 0.378. The summed E-state index contributed by atoms with van der Waals surface area (Å²) in [7, 11) is 3.28. The topological polar surface area (TPSA) is 56.8 Å². The second kappa shape index (κ2) is 8.17. The van der Waals surface area contributed by atoms with Crippen molar-refractivity contribution in [1.82, 2.24) is 0 Å². The Balaban J connectivity index is 1.80. The summed E-state index contributed by atoms with van der Waals surface area (Å²) in [6, 6.07) is 13.7. The lowest BCUT2D eigenvalue weighted by atomic mass is 9.88. The van der Waals surface area contributed by atoms with Crippen LogP contribution in [0.15, 0.2) is 47.8 Å². The average Bonchev–Trinajstić information content (AvgIpc) is 3.17. The number of hydrogen-bond donors (Lipinski definition) is 1. The molecule has 4 rings (SSSR count). The van der Waals surface area contributed by atoms with Crippen LogP contribution in [0.4, 0.5) is 5.69 Å². The Morgan fingerprint density at radius 2 is 1.90 bits per heavy atom. The van der Waals surface area contributed by atoms with E-state index in [9.17, 15) is 4.79 Å². The number of thiophene rings is 1. The molecule has 0 aliphatic carbocycles. The lowest BCUT2D eigenvalue weighted by Gasteiger charge is -2.26. The van der Waals surface area contributed by atoms with Crippen molar-refractivity contribution in [2.24, 2.45) is 0 Å². The Kier molecular flexibility index (Phi) is 5.45. The molecule has 150 valence electrons. The molecule has 0 spiro atoms. The van der Waals surface area contributed by atoms with Crippen molar-refractivity contribution >= 4 is 22.9 Å². The van der Waals surface area contributed by atoms with Crippen LogP contribution in [0.1, 0.15) is 29.7 Å². The van der Waals surface area contributed by atoms with Gasteiger partial charge in [-0.2, -0.15) is 0 Å². The zero-order valence-electron chi connectivity index (χ0n) is 16.7. The van der Waals surface area contributed by atoms with Crippen LogP contribution < -0.4 is 19.5 Å². The first-order chi connectivity index (χ1) is 14.2. The Bertz CT molecular complexity index is 1030. The number of para-hydroxylation sites is 1. The van der Waals surface area contributed by atoms with Gasteiger partial charge in [0.2, 0.25) is 5.91 Å². The van der Waals surface area contributed by atoms with Gasteiger partial charge in [0.25, 0.3) is 0 Å². The second-order valence-electron chi connectivity index (χ2n) is 6.73. The normalized spacial score (nSPS) is 15.4. The minimum absolute atomic E-state index is 0.000861. The molecule has 1 N–H and O–H groups in total. The summed E-state index contributed by atoms with van der Waals surface area (Å²) in [5.74, 6) is 2.12. The van der Waals surface area contributed by atoms with Gasteiger partial charge in [-0.3, -0.25) is 4.79 Å². The molecule has 1 aromatic heterocycles. The van der Waals surface area contributed by atoms with Gasteiger partial charge in [0, 0.05) is 33.7 Å². The number of ether oxygens (including phenoxy) is 3. The molecule has 0 fully saturated rings. The van der Waals surface area contributed by atoms with E-state index in [0.29, 0.717) is 24.5 Å². The number of rotatable bonds is 6. The van der Waals surface area contributed by atoms with Crippen molar-refractivity contribution in [2.75, 3.05) is 26.1 Å². The van der Waals surface area contributed by atoms with E-state index in [4.69, 9.17) is 14.2 Å². The highest BCUT2D eigenvalue weighted by Gasteiger charge is 2.33. The maximum absolute atomic E-state index is 12.6. The predicted octanol–water partition coefficient (Wildman–Crippen LogP) is 5.31. The zero-order chi connectivity index (χ0) is 20.4. The van der Waals surface area contributed by atoms with E-state index in [1.165, 1.54) is 0 Å². The van der Waals surface area contributed by atoms with Crippen molar-refractivity contribution in [3.8, 4) is 28.4 Å². The van der Waals surface area contributed by atoms with Gasteiger partial charge in [0.1, 0.15) is 5.75 Å². The van der Waals surface area contributed by atoms with Gasteiger partial charge in [-0.1, -0.05) is 24.3 Å². The standard InChI is InChI=1S/C23H23NO4S/c1-4-28-22-16(6-5-7-19(22)27-3)17-12-20(25)24-21-18(13-29-23(17)21)14-8-10-15(26-2)11-9-14/h5-11,13,17H,4,12H2,1-3H3,(H,24,25)/t17-/m1/s1. The maximum atomic E-state index is 12.6. The molecular formula is C23H23NO4S. The molecule has 6 heteroatoms. The number of hydrogen-bond acceptors (Lipinski definition) is 5. The molecule has 0 saturated carbocycles. The highest BCUT2D eigenvalue weighted by molar-refractivity contribution is 7.11. The summed E-state index contributed by atoms with van der Waals surface area (Å²) in [6.45, 7) is 2.48. The van der Waals surface area contributed by atoms with Crippen molar-refractivity contribution in [3.63, 3.8) is 0 Å². The van der Waals surface area contributed by atoms with E-state index in [2.05, 4.69) is 10.7 Å².